The standard InChI is InChI=1S/C23H26F2N4O3S/c1-5-17-18(12-26)14(2)28-13-19(17)29-16-8-6-15(7-9-16)20-22(3,23(20,24)25)21(30)27-10-11-33(4,31)32/h6-9,13,20,29H,5,10-11H2,1-4H3,(H,27,30). The van der Waals surface area contributed by atoms with E-state index < -0.39 is 33.0 Å². The second-order valence-corrected chi connectivity index (χ2v) is 10.7. The molecule has 33 heavy (non-hydrogen) atoms. The topological polar surface area (TPSA) is 112 Å². The van der Waals surface area contributed by atoms with Gasteiger partial charge in [-0.2, -0.15) is 5.26 Å². The predicted octanol–water partition coefficient (Wildman–Crippen LogP) is 3.47. The summed E-state index contributed by atoms with van der Waals surface area (Å²) in [6.07, 6.45) is 3.27. The second kappa shape index (κ2) is 8.71. The summed E-state index contributed by atoms with van der Waals surface area (Å²) in [6, 6.07) is 8.51. The van der Waals surface area contributed by atoms with Gasteiger partial charge in [-0.15, -0.1) is 0 Å². The average Bonchev–Trinajstić information content (AvgIpc) is 3.21. The molecule has 176 valence electrons. The van der Waals surface area contributed by atoms with Gasteiger partial charge < -0.3 is 10.6 Å². The molecule has 2 unspecified atom stereocenters. The zero-order chi connectivity index (χ0) is 24.6. The summed E-state index contributed by atoms with van der Waals surface area (Å²) in [5.41, 5.74) is 1.63. The van der Waals surface area contributed by atoms with Crippen molar-refractivity contribution in [2.75, 3.05) is 23.9 Å². The Balaban J connectivity index is 1.77. The first kappa shape index (κ1) is 24.6. The minimum atomic E-state index is -3.31. The molecule has 1 aliphatic rings. The SMILES string of the molecule is CCc1c(Nc2ccc(C3C(F)(F)C3(C)C(=O)NCCS(C)(=O)=O)cc2)cnc(C)c1C#N. The zero-order valence-electron chi connectivity index (χ0n) is 18.9. The summed E-state index contributed by atoms with van der Waals surface area (Å²) >= 11 is 0. The normalized spacial score (nSPS) is 21.2. The van der Waals surface area contributed by atoms with Gasteiger partial charge in [0.2, 0.25) is 5.91 Å². The summed E-state index contributed by atoms with van der Waals surface area (Å²) in [4.78, 5) is 16.7. The molecule has 1 heterocycles. The zero-order valence-corrected chi connectivity index (χ0v) is 19.7. The van der Waals surface area contributed by atoms with Crippen molar-refractivity contribution in [1.29, 1.82) is 5.26 Å². The van der Waals surface area contributed by atoms with E-state index in [2.05, 4.69) is 21.7 Å². The van der Waals surface area contributed by atoms with Crippen molar-refractivity contribution >= 4 is 27.1 Å². The van der Waals surface area contributed by atoms with E-state index in [0.29, 0.717) is 34.6 Å². The van der Waals surface area contributed by atoms with Gasteiger partial charge in [0.05, 0.1) is 34.8 Å². The van der Waals surface area contributed by atoms with Crippen LogP contribution in [0.15, 0.2) is 30.5 Å². The molecule has 1 aromatic carbocycles. The number of benzene rings is 1. The molecule has 10 heteroatoms. The van der Waals surface area contributed by atoms with Crippen LogP contribution in [0.3, 0.4) is 0 Å². The van der Waals surface area contributed by atoms with Crippen molar-refractivity contribution in [3.05, 3.63) is 52.8 Å². The van der Waals surface area contributed by atoms with Gasteiger partial charge in [0.25, 0.3) is 5.92 Å². The summed E-state index contributed by atoms with van der Waals surface area (Å²) < 4.78 is 51.8. The summed E-state index contributed by atoms with van der Waals surface area (Å²) in [6.45, 7) is 4.67. The number of hydrogen-bond donors (Lipinski definition) is 2. The van der Waals surface area contributed by atoms with E-state index in [9.17, 15) is 27.3 Å². The fraction of sp³-hybridized carbons (Fsp3) is 0.435. The lowest BCUT2D eigenvalue weighted by molar-refractivity contribution is -0.129. The molecular weight excluding hydrogens is 450 g/mol. The minimum Gasteiger partial charge on any atom is -0.354 e. The van der Waals surface area contributed by atoms with Gasteiger partial charge in [-0.05, 0) is 43.5 Å². The molecular formula is C23H26F2N4O3S. The molecule has 1 amide bonds. The number of aryl methyl sites for hydroxylation is 1. The van der Waals surface area contributed by atoms with Crippen molar-refractivity contribution in [2.24, 2.45) is 5.41 Å². The van der Waals surface area contributed by atoms with E-state index in [-0.39, 0.29) is 12.3 Å². The third-order valence-electron chi connectivity index (χ3n) is 6.14. The van der Waals surface area contributed by atoms with E-state index in [1.165, 1.54) is 19.1 Å². The number of nitrogens with one attached hydrogen (secondary N) is 2. The molecule has 2 N–H and O–H groups in total. The molecule has 0 spiro atoms. The Hall–Kier alpha value is -3.06. The quantitative estimate of drug-likeness (QED) is 0.603. The number of hydrogen-bond acceptors (Lipinski definition) is 6. The Morgan fingerprint density at radius 1 is 1.27 bits per heavy atom. The van der Waals surface area contributed by atoms with Crippen LogP contribution in [0.25, 0.3) is 0 Å². The van der Waals surface area contributed by atoms with Crippen LogP contribution in [-0.4, -0.2) is 43.8 Å². The highest BCUT2D eigenvalue weighted by atomic mass is 32.2. The van der Waals surface area contributed by atoms with Gasteiger partial charge in [-0.25, -0.2) is 17.2 Å². The van der Waals surface area contributed by atoms with Crippen molar-refractivity contribution in [3.8, 4) is 6.07 Å². The minimum absolute atomic E-state index is 0.214. The molecule has 1 saturated carbocycles. The highest BCUT2D eigenvalue weighted by molar-refractivity contribution is 7.90. The molecule has 1 aromatic heterocycles. The van der Waals surface area contributed by atoms with Gasteiger partial charge in [-0.1, -0.05) is 19.1 Å². The Morgan fingerprint density at radius 3 is 2.45 bits per heavy atom. The first-order valence-corrected chi connectivity index (χ1v) is 12.5. The predicted molar refractivity (Wildman–Crippen MR) is 121 cm³/mol. The third kappa shape index (κ3) is 4.55. The highest BCUT2D eigenvalue weighted by Gasteiger charge is 2.82. The van der Waals surface area contributed by atoms with Gasteiger partial charge in [0.15, 0.2) is 0 Å². The number of halogens is 2. The maximum Gasteiger partial charge on any atom is 0.270 e. The van der Waals surface area contributed by atoms with Crippen molar-refractivity contribution in [2.45, 2.75) is 39.0 Å². The van der Waals surface area contributed by atoms with E-state index in [1.807, 2.05) is 6.92 Å². The number of pyridine rings is 1. The largest absolute Gasteiger partial charge is 0.354 e. The Kier molecular flexibility index (Phi) is 6.48. The maximum atomic E-state index is 14.7. The van der Waals surface area contributed by atoms with Crippen LogP contribution in [0.2, 0.25) is 0 Å². The smallest absolute Gasteiger partial charge is 0.270 e. The number of sulfone groups is 1. The van der Waals surface area contributed by atoms with Crippen LogP contribution in [0.4, 0.5) is 20.2 Å². The molecule has 1 fully saturated rings. The molecule has 2 atom stereocenters. The molecule has 0 bridgehead atoms. The van der Waals surface area contributed by atoms with E-state index in [4.69, 9.17) is 0 Å². The maximum absolute atomic E-state index is 14.7. The second-order valence-electron chi connectivity index (χ2n) is 8.47. The number of amides is 1. The van der Waals surface area contributed by atoms with E-state index in [0.717, 1.165) is 11.8 Å². The number of nitriles is 1. The first-order chi connectivity index (χ1) is 15.4. The van der Waals surface area contributed by atoms with E-state index in [1.54, 1.807) is 25.3 Å². The number of rotatable bonds is 8. The summed E-state index contributed by atoms with van der Waals surface area (Å²) in [5.74, 6) is -5.75. The number of alkyl halides is 2. The van der Waals surface area contributed by atoms with Crippen LogP contribution in [0.5, 0.6) is 0 Å². The molecule has 0 radical (unpaired) electrons. The number of aromatic nitrogens is 1. The molecule has 2 aromatic rings. The van der Waals surface area contributed by atoms with Crippen LogP contribution in [-0.2, 0) is 21.1 Å². The fourth-order valence-electron chi connectivity index (χ4n) is 4.08. The lowest BCUT2D eigenvalue weighted by Gasteiger charge is -2.14. The Bertz CT molecular complexity index is 1220. The molecule has 7 nitrogen and oxygen atoms in total. The van der Waals surface area contributed by atoms with Crippen LogP contribution in [0, 0.1) is 23.7 Å². The first-order valence-electron chi connectivity index (χ1n) is 10.5. The molecule has 1 aliphatic carbocycles. The van der Waals surface area contributed by atoms with Gasteiger partial charge in [-0.3, -0.25) is 9.78 Å². The van der Waals surface area contributed by atoms with Crippen molar-refractivity contribution < 1.29 is 22.0 Å². The summed E-state index contributed by atoms with van der Waals surface area (Å²) in [5, 5.41) is 14.9. The van der Waals surface area contributed by atoms with Crippen LogP contribution in [0.1, 0.15) is 42.1 Å². The lowest BCUT2D eigenvalue weighted by atomic mass is 9.99. The van der Waals surface area contributed by atoms with Gasteiger partial charge >= 0.3 is 0 Å². The monoisotopic (exact) mass is 476 g/mol. The van der Waals surface area contributed by atoms with Crippen LogP contribution >= 0.6 is 0 Å². The Morgan fingerprint density at radius 2 is 1.91 bits per heavy atom. The van der Waals surface area contributed by atoms with Crippen molar-refractivity contribution in [1.82, 2.24) is 10.3 Å². The Labute approximate surface area is 192 Å². The molecule has 0 aliphatic heterocycles. The molecule has 0 saturated heterocycles. The van der Waals surface area contributed by atoms with Gasteiger partial charge in [0, 0.05) is 18.5 Å². The third-order valence-corrected chi connectivity index (χ3v) is 7.09. The number of carbonyl (C=O) groups excluding carboxylic acids is 1. The van der Waals surface area contributed by atoms with Crippen molar-refractivity contribution in [3.63, 3.8) is 0 Å². The highest BCUT2D eigenvalue weighted by Crippen LogP contribution is 2.71. The number of carbonyl (C=O) groups is 1. The fourth-order valence-corrected chi connectivity index (χ4v) is 4.56. The number of anilines is 2. The average molecular weight is 477 g/mol. The lowest BCUT2D eigenvalue weighted by Crippen LogP contribution is -2.36. The number of nitrogens with zero attached hydrogens (tertiary/aromatic N) is 2. The van der Waals surface area contributed by atoms with Crippen LogP contribution < -0.4 is 10.6 Å². The van der Waals surface area contributed by atoms with E-state index >= 15 is 0 Å². The van der Waals surface area contributed by atoms with Gasteiger partial charge in [0.1, 0.15) is 21.3 Å². The summed E-state index contributed by atoms with van der Waals surface area (Å²) in [7, 11) is -3.31. The molecule has 3 rings (SSSR count).